The molecule has 3 aromatic rings. The molecule has 1 fully saturated rings. The molecular weight excluding hydrogens is 484 g/mol. The van der Waals surface area contributed by atoms with Gasteiger partial charge in [-0.3, -0.25) is 4.79 Å². The number of aliphatic hydroxyl groups is 2. The van der Waals surface area contributed by atoms with Gasteiger partial charge in [0.1, 0.15) is 6.07 Å². The van der Waals surface area contributed by atoms with Crippen LogP contribution in [-0.4, -0.2) is 39.7 Å². The minimum absolute atomic E-state index is 0. The van der Waals surface area contributed by atoms with Crippen LogP contribution in [-0.2, 0) is 22.2 Å². The van der Waals surface area contributed by atoms with Crippen molar-refractivity contribution < 1.29 is 36.1 Å². The Labute approximate surface area is 215 Å². The number of rotatable bonds is 6. The van der Waals surface area contributed by atoms with Crippen LogP contribution in [0, 0.1) is 11.3 Å². The highest BCUT2D eigenvalue weighted by Gasteiger charge is 2.52. The Morgan fingerprint density at radius 3 is 2.54 bits per heavy atom. The molecule has 10 heteroatoms. The van der Waals surface area contributed by atoms with Crippen LogP contribution in [0.2, 0.25) is 0 Å². The minimum atomic E-state index is -3.74. The summed E-state index contributed by atoms with van der Waals surface area (Å²) in [7, 11) is 0. The third kappa shape index (κ3) is 4.38. The van der Waals surface area contributed by atoms with Crippen molar-refractivity contribution >= 4 is 22.5 Å². The third-order valence-corrected chi connectivity index (χ3v) is 6.88. The number of nitrogens with zero attached hydrogens (tertiary/aromatic N) is 2. The first-order valence-electron chi connectivity index (χ1n) is 12.0. The molecule has 0 bridgehead atoms. The summed E-state index contributed by atoms with van der Waals surface area (Å²) in [6, 6.07) is 11.8. The number of carbonyl (C=O) groups is 1. The average Bonchev–Trinajstić information content (AvgIpc) is 3.46. The van der Waals surface area contributed by atoms with Crippen LogP contribution >= 0.6 is 0 Å². The van der Waals surface area contributed by atoms with Crippen molar-refractivity contribution in [3.8, 4) is 17.6 Å². The monoisotopic (exact) mass is 515 g/mol. The zero-order valence-corrected chi connectivity index (χ0v) is 20.6. The molecule has 1 saturated carbocycles. The van der Waals surface area contributed by atoms with E-state index in [0.29, 0.717) is 40.6 Å². The molecule has 198 valence electrons. The number of nitriles is 1. The van der Waals surface area contributed by atoms with Gasteiger partial charge in [0, 0.05) is 25.0 Å². The lowest BCUT2D eigenvalue weighted by Crippen LogP contribution is -2.28. The van der Waals surface area contributed by atoms with Crippen molar-refractivity contribution in [2.45, 2.75) is 63.4 Å². The van der Waals surface area contributed by atoms with E-state index in [4.69, 9.17) is 0 Å². The highest BCUT2D eigenvalue weighted by Crippen LogP contribution is 2.52. The number of benzene rings is 2. The third-order valence-electron chi connectivity index (χ3n) is 6.88. The number of fused-ring (bicyclic) bond motifs is 2. The van der Waals surface area contributed by atoms with Gasteiger partial charge in [0.05, 0.1) is 35.8 Å². The van der Waals surface area contributed by atoms with E-state index < -0.39 is 24.4 Å². The molecule has 2 aliphatic rings. The molecule has 0 unspecified atom stereocenters. The summed E-state index contributed by atoms with van der Waals surface area (Å²) in [6.45, 7) is 5.72. The number of carbonyl (C=O) groups excluding carboxylic acids is 1. The van der Waals surface area contributed by atoms with E-state index in [1.165, 1.54) is 12.1 Å². The molecule has 1 aliphatic heterocycles. The molecule has 0 spiro atoms. The summed E-state index contributed by atoms with van der Waals surface area (Å²) >= 11 is 0. The second-order valence-corrected chi connectivity index (χ2v) is 10.7. The van der Waals surface area contributed by atoms with Crippen LogP contribution < -0.4 is 14.8 Å². The van der Waals surface area contributed by atoms with Gasteiger partial charge >= 0.3 is 6.29 Å². The van der Waals surface area contributed by atoms with Crippen molar-refractivity contribution in [3.63, 3.8) is 0 Å². The molecule has 1 aliphatic carbocycles. The van der Waals surface area contributed by atoms with Gasteiger partial charge in [-0.25, -0.2) is 0 Å². The van der Waals surface area contributed by atoms with Crippen molar-refractivity contribution in [3.05, 3.63) is 53.2 Å². The van der Waals surface area contributed by atoms with E-state index >= 15 is 0 Å². The summed E-state index contributed by atoms with van der Waals surface area (Å²) in [5.41, 5.74) is 1.54. The molecule has 0 saturated heterocycles. The lowest BCUT2D eigenvalue weighted by molar-refractivity contribution is -0.286. The van der Waals surface area contributed by atoms with E-state index in [0.717, 1.165) is 5.69 Å². The molecular formula is C27H31F2N3O5. The highest BCUT2D eigenvalue weighted by molar-refractivity contribution is 6.03. The second kappa shape index (κ2) is 8.43. The molecule has 3 N–H and O–H groups in total. The maximum atomic E-state index is 13.4. The maximum absolute atomic E-state index is 13.4. The van der Waals surface area contributed by atoms with E-state index in [9.17, 15) is 29.1 Å². The zero-order valence-electron chi connectivity index (χ0n) is 20.6. The zero-order chi connectivity index (χ0) is 26.8. The first-order chi connectivity index (χ1) is 17.4. The fraction of sp³-hybridized carbons (Fsp3) is 0.407. The topological polar surface area (TPSA) is 117 Å². The number of amides is 1. The van der Waals surface area contributed by atoms with Gasteiger partial charge in [-0.05, 0) is 48.7 Å². The number of alkyl halides is 2. The first kappa shape index (κ1) is 25.0. The molecule has 2 aromatic carbocycles. The molecule has 1 aromatic heterocycles. The predicted molar refractivity (Wildman–Crippen MR) is 135 cm³/mol. The number of aliphatic hydroxyl groups excluding tert-OH is 2. The number of hydrogen-bond donors (Lipinski definition) is 3. The molecule has 37 heavy (non-hydrogen) atoms. The maximum Gasteiger partial charge on any atom is 0.586 e. The van der Waals surface area contributed by atoms with Gasteiger partial charge in [0.15, 0.2) is 11.5 Å². The van der Waals surface area contributed by atoms with E-state index in [1.54, 1.807) is 18.2 Å². The summed E-state index contributed by atoms with van der Waals surface area (Å²) in [5.74, 6) is -0.511. The number of hydrogen-bond acceptors (Lipinski definition) is 6. The summed E-state index contributed by atoms with van der Waals surface area (Å²) in [6.07, 6.45) is -3.67. The quantitative estimate of drug-likeness (QED) is 0.440. The molecule has 1 amide bonds. The number of aromatic nitrogens is 1. The van der Waals surface area contributed by atoms with E-state index in [1.807, 2.05) is 31.4 Å². The minimum Gasteiger partial charge on any atom is -0.395 e. The Balaban J connectivity index is 0.00000210. The van der Waals surface area contributed by atoms with Crippen LogP contribution in [0.3, 0.4) is 0 Å². The number of nitrogens with one attached hydrogen (secondary N) is 1. The Morgan fingerprint density at radius 1 is 1.22 bits per heavy atom. The molecule has 1 atom stereocenters. The predicted octanol–water partition coefficient (Wildman–Crippen LogP) is 4.65. The second-order valence-electron chi connectivity index (χ2n) is 10.7. The van der Waals surface area contributed by atoms with Crippen molar-refractivity contribution in [1.82, 2.24) is 4.57 Å². The Hall–Kier alpha value is -3.68. The highest BCUT2D eigenvalue weighted by atomic mass is 19.3. The van der Waals surface area contributed by atoms with Crippen molar-refractivity contribution in [1.29, 1.82) is 5.26 Å². The van der Waals surface area contributed by atoms with Gasteiger partial charge in [0.2, 0.25) is 5.91 Å². The van der Waals surface area contributed by atoms with Crippen molar-refractivity contribution in [2.24, 2.45) is 0 Å². The van der Waals surface area contributed by atoms with E-state index in [-0.39, 0.29) is 32.2 Å². The van der Waals surface area contributed by atoms with Crippen molar-refractivity contribution in [2.75, 3.05) is 11.9 Å². The number of halogens is 2. The largest absolute Gasteiger partial charge is 0.586 e. The first-order valence-corrected chi connectivity index (χ1v) is 12.0. The fourth-order valence-corrected chi connectivity index (χ4v) is 4.92. The lowest BCUT2D eigenvalue weighted by atomic mass is 9.92. The summed E-state index contributed by atoms with van der Waals surface area (Å²) < 4.78 is 37.7. The normalized spacial score (nSPS) is 17.9. The molecule has 5 rings (SSSR count). The molecule has 2 heterocycles. The van der Waals surface area contributed by atoms with E-state index in [2.05, 4.69) is 20.9 Å². The Morgan fingerprint density at radius 2 is 1.92 bits per heavy atom. The summed E-state index contributed by atoms with van der Waals surface area (Å²) in [4.78, 5) is 13.4. The fourth-order valence-electron chi connectivity index (χ4n) is 4.92. The summed E-state index contributed by atoms with van der Waals surface area (Å²) in [5, 5.41) is 33.1. The number of ether oxygens (including phenoxy) is 2. The molecule has 0 radical (unpaired) electrons. The average molecular weight is 516 g/mol. The van der Waals surface area contributed by atoms with Gasteiger partial charge in [0.25, 0.3) is 0 Å². The van der Waals surface area contributed by atoms with Crippen LogP contribution in [0.25, 0.3) is 10.9 Å². The van der Waals surface area contributed by atoms with Crippen LogP contribution in [0.4, 0.5) is 14.5 Å². The smallest absolute Gasteiger partial charge is 0.395 e. The SMILES string of the molecule is CC(C)(C)c1cc2cc(NC(=O)C3(c4ccc5c(c4)OC(F)(F)O5)CC3)cc(C#N)c2n1C[C@@H](O)CO.[HH].[HH]. The van der Waals surface area contributed by atoms with Crippen LogP contribution in [0.1, 0.15) is 53.3 Å². The molecule has 8 nitrogen and oxygen atoms in total. The van der Waals surface area contributed by atoms with Crippen LogP contribution in [0.15, 0.2) is 36.4 Å². The van der Waals surface area contributed by atoms with Gasteiger partial charge in [-0.2, -0.15) is 5.26 Å². The number of anilines is 1. The standard InChI is InChI=1S/C27H27F2N3O5.2H2/c1-25(2,3)22-10-15-8-18(9-16(12-30)23(15)32(22)13-19(34)14-33)31-24(35)26(6-7-26)17-4-5-20-21(11-17)37-27(28,29)36-20;;/h4-5,8-11,19,33-34H,6-7,13-14H2,1-3H3,(H,31,35);2*1H/t19-;;/m1../s1. The lowest BCUT2D eigenvalue weighted by Gasteiger charge is -2.23. The Kier molecular flexibility index (Phi) is 5.69. The Bertz CT molecular complexity index is 1460. The van der Waals surface area contributed by atoms with Gasteiger partial charge < -0.3 is 29.6 Å². The van der Waals surface area contributed by atoms with Crippen LogP contribution in [0.5, 0.6) is 11.5 Å². The van der Waals surface area contributed by atoms with Gasteiger partial charge in [-0.15, -0.1) is 8.78 Å². The van der Waals surface area contributed by atoms with Gasteiger partial charge in [-0.1, -0.05) is 26.8 Å².